The van der Waals surface area contributed by atoms with Crippen LogP contribution in [0, 0.1) is 11.8 Å². The number of amides is 1. The first-order chi connectivity index (χ1) is 8.33. The fraction of sp³-hybridized carbons (Fsp3) is 0.929. The van der Waals surface area contributed by atoms with E-state index in [2.05, 4.69) is 10.2 Å². The molecular weight excluding hydrogens is 212 g/mol. The van der Waals surface area contributed by atoms with Crippen LogP contribution in [0.1, 0.15) is 44.9 Å². The van der Waals surface area contributed by atoms with Gasteiger partial charge in [0, 0.05) is 25.6 Å². The first kappa shape index (κ1) is 11.5. The molecule has 1 amide bonds. The second-order valence-corrected chi connectivity index (χ2v) is 6.10. The predicted molar refractivity (Wildman–Crippen MR) is 67.7 cm³/mol. The zero-order valence-corrected chi connectivity index (χ0v) is 10.7. The summed E-state index contributed by atoms with van der Waals surface area (Å²) >= 11 is 0. The van der Waals surface area contributed by atoms with Crippen LogP contribution < -0.4 is 5.32 Å². The SMILES string of the molecule is O=C(CCC1CCCC1)N1C[C@H]2CCN[C@H]2C1. The van der Waals surface area contributed by atoms with Crippen molar-refractivity contribution in [3.05, 3.63) is 0 Å². The highest BCUT2D eigenvalue weighted by molar-refractivity contribution is 5.76. The molecule has 17 heavy (non-hydrogen) atoms. The molecule has 0 aromatic heterocycles. The molecular formula is C14H24N2O. The molecule has 3 fully saturated rings. The van der Waals surface area contributed by atoms with Crippen molar-refractivity contribution in [1.82, 2.24) is 10.2 Å². The Labute approximate surface area is 104 Å². The van der Waals surface area contributed by atoms with E-state index in [9.17, 15) is 4.79 Å². The van der Waals surface area contributed by atoms with Gasteiger partial charge in [-0.2, -0.15) is 0 Å². The first-order valence-electron chi connectivity index (χ1n) is 7.34. The molecule has 0 bridgehead atoms. The summed E-state index contributed by atoms with van der Waals surface area (Å²) in [7, 11) is 0. The van der Waals surface area contributed by atoms with Crippen LogP contribution in [-0.4, -0.2) is 36.5 Å². The highest BCUT2D eigenvalue weighted by atomic mass is 16.2. The maximum atomic E-state index is 12.1. The highest BCUT2D eigenvalue weighted by Crippen LogP contribution is 2.30. The average molecular weight is 236 g/mol. The number of carbonyl (C=O) groups is 1. The quantitative estimate of drug-likeness (QED) is 0.810. The van der Waals surface area contributed by atoms with E-state index in [1.807, 2.05) is 0 Å². The number of hydrogen-bond acceptors (Lipinski definition) is 2. The minimum atomic E-state index is 0.410. The molecule has 2 atom stereocenters. The van der Waals surface area contributed by atoms with Crippen LogP contribution in [0.2, 0.25) is 0 Å². The second kappa shape index (κ2) is 4.97. The van der Waals surface area contributed by atoms with Crippen LogP contribution in [0.5, 0.6) is 0 Å². The van der Waals surface area contributed by atoms with E-state index in [0.29, 0.717) is 11.9 Å². The third-order valence-corrected chi connectivity index (χ3v) is 4.96. The minimum absolute atomic E-state index is 0.410. The van der Waals surface area contributed by atoms with Crippen molar-refractivity contribution >= 4 is 5.91 Å². The fourth-order valence-electron chi connectivity index (χ4n) is 3.84. The van der Waals surface area contributed by atoms with Crippen LogP contribution >= 0.6 is 0 Å². The lowest BCUT2D eigenvalue weighted by Crippen LogP contribution is -2.34. The van der Waals surface area contributed by atoms with Gasteiger partial charge in [0.05, 0.1) is 0 Å². The van der Waals surface area contributed by atoms with Gasteiger partial charge in [0.2, 0.25) is 5.91 Å². The van der Waals surface area contributed by atoms with Crippen LogP contribution in [0.15, 0.2) is 0 Å². The summed E-state index contributed by atoms with van der Waals surface area (Å²) in [5, 5.41) is 3.51. The molecule has 2 saturated heterocycles. The number of nitrogens with zero attached hydrogens (tertiary/aromatic N) is 1. The monoisotopic (exact) mass is 236 g/mol. The van der Waals surface area contributed by atoms with Gasteiger partial charge in [-0.25, -0.2) is 0 Å². The van der Waals surface area contributed by atoms with Gasteiger partial charge >= 0.3 is 0 Å². The van der Waals surface area contributed by atoms with Crippen LogP contribution in [0.4, 0.5) is 0 Å². The lowest BCUT2D eigenvalue weighted by molar-refractivity contribution is -0.130. The molecule has 1 N–H and O–H groups in total. The number of carbonyl (C=O) groups excluding carboxylic acids is 1. The Morgan fingerprint density at radius 1 is 1.18 bits per heavy atom. The summed E-state index contributed by atoms with van der Waals surface area (Å²) in [6.45, 7) is 3.13. The Morgan fingerprint density at radius 3 is 2.76 bits per heavy atom. The molecule has 1 saturated carbocycles. The Bertz CT molecular complexity index is 274. The number of likely N-dealkylation sites (tertiary alicyclic amines) is 1. The normalized spacial score (nSPS) is 33.3. The third-order valence-electron chi connectivity index (χ3n) is 4.96. The van der Waals surface area contributed by atoms with Crippen molar-refractivity contribution in [3.63, 3.8) is 0 Å². The number of fused-ring (bicyclic) bond motifs is 1. The fourth-order valence-corrected chi connectivity index (χ4v) is 3.84. The third kappa shape index (κ3) is 2.49. The predicted octanol–water partition coefficient (Wildman–Crippen LogP) is 1.78. The van der Waals surface area contributed by atoms with Gasteiger partial charge in [-0.15, -0.1) is 0 Å². The Hall–Kier alpha value is -0.570. The Morgan fingerprint density at radius 2 is 2.00 bits per heavy atom. The van der Waals surface area contributed by atoms with E-state index < -0.39 is 0 Å². The molecule has 0 radical (unpaired) electrons. The topological polar surface area (TPSA) is 32.3 Å². The molecule has 3 heteroatoms. The summed E-state index contributed by atoms with van der Waals surface area (Å²) in [5.74, 6) is 2.00. The summed E-state index contributed by atoms with van der Waals surface area (Å²) in [6, 6.07) is 0.602. The second-order valence-electron chi connectivity index (χ2n) is 6.10. The Balaban J connectivity index is 1.43. The van der Waals surface area contributed by atoms with Crippen molar-refractivity contribution in [2.45, 2.75) is 51.0 Å². The van der Waals surface area contributed by atoms with Crippen LogP contribution in [0.25, 0.3) is 0 Å². The summed E-state index contributed by atoms with van der Waals surface area (Å²) < 4.78 is 0. The molecule has 0 aromatic rings. The lowest BCUT2D eigenvalue weighted by Gasteiger charge is -2.18. The van der Waals surface area contributed by atoms with E-state index >= 15 is 0 Å². The van der Waals surface area contributed by atoms with Crippen molar-refractivity contribution in [3.8, 4) is 0 Å². The average Bonchev–Trinajstić information content (AvgIpc) is 3.01. The van der Waals surface area contributed by atoms with Gasteiger partial charge in [-0.05, 0) is 31.2 Å². The standard InChI is InChI=1S/C14H24N2O/c17-14(6-5-11-3-1-2-4-11)16-9-12-7-8-15-13(12)10-16/h11-13,15H,1-10H2/t12-,13+/m1/s1. The van der Waals surface area contributed by atoms with E-state index in [4.69, 9.17) is 0 Å². The van der Waals surface area contributed by atoms with Gasteiger partial charge in [0.25, 0.3) is 0 Å². The molecule has 96 valence electrons. The zero-order valence-electron chi connectivity index (χ0n) is 10.7. The van der Waals surface area contributed by atoms with Gasteiger partial charge in [-0.1, -0.05) is 25.7 Å². The van der Waals surface area contributed by atoms with Crippen LogP contribution in [0.3, 0.4) is 0 Å². The molecule has 0 unspecified atom stereocenters. The van der Waals surface area contributed by atoms with Crippen molar-refractivity contribution in [2.24, 2.45) is 11.8 Å². The van der Waals surface area contributed by atoms with Gasteiger partial charge in [0.1, 0.15) is 0 Å². The Kier molecular flexibility index (Phi) is 3.37. The summed E-state index contributed by atoms with van der Waals surface area (Å²) in [5.41, 5.74) is 0. The smallest absolute Gasteiger partial charge is 0.222 e. The van der Waals surface area contributed by atoms with Gasteiger partial charge in [-0.3, -0.25) is 4.79 Å². The van der Waals surface area contributed by atoms with Crippen LogP contribution in [-0.2, 0) is 4.79 Å². The number of hydrogen-bond donors (Lipinski definition) is 1. The van der Waals surface area contributed by atoms with Crippen molar-refractivity contribution < 1.29 is 4.79 Å². The lowest BCUT2D eigenvalue weighted by atomic mass is 10.0. The van der Waals surface area contributed by atoms with E-state index in [0.717, 1.165) is 44.3 Å². The molecule has 0 aromatic carbocycles. The molecule has 2 aliphatic heterocycles. The molecule has 1 aliphatic carbocycles. The maximum absolute atomic E-state index is 12.1. The molecule has 3 rings (SSSR count). The number of rotatable bonds is 3. The van der Waals surface area contributed by atoms with Gasteiger partial charge in [0.15, 0.2) is 0 Å². The van der Waals surface area contributed by atoms with Gasteiger partial charge < -0.3 is 10.2 Å². The summed E-state index contributed by atoms with van der Waals surface area (Å²) in [6.07, 6.45) is 8.69. The zero-order chi connectivity index (χ0) is 11.7. The largest absolute Gasteiger partial charge is 0.341 e. The minimum Gasteiger partial charge on any atom is -0.341 e. The first-order valence-corrected chi connectivity index (χ1v) is 7.34. The molecule has 2 heterocycles. The molecule has 0 spiro atoms. The van der Waals surface area contributed by atoms with Crippen molar-refractivity contribution in [1.29, 1.82) is 0 Å². The molecule has 3 aliphatic rings. The van der Waals surface area contributed by atoms with E-state index in [1.165, 1.54) is 32.1 Å². The summed E-state index contributed by atoms with van der Waals surface area (Å²) in [4.78, 5) is 14.2. The maximum Gasteiger partial charge on any atom is 0.222 e. The molecule has 3 nitrogen and oxygen atoms in total. The highest BCUT2D eigenvalue weighted by Gasteiger charge is 2.37. The van der Waals surface area contributed by atoms with E-state index in [-0.39, 0.29) is 0 Å². The van der Waals surface area contributed by atoms with Crippen molar-refractivity contribution in [2.75, 3.05) is 19.6 Å². The van der Waals surface area contributed by atoms with E-state index in [1.54, 1.807) is 0 Å². The number of nitrogens with one attached hydrogen (secondary N) is 1.